The topological polar surface area (TPSA) is 93.7 Å². The lowest BCUT2D eigenvalue weighted by Gasteiger charge is -2.16. The van der Waals surface area contributed by atoms with Gasteiger partial charge < -0.3 is 14.8 Å². The zero-order valence-electron chi connectivity index (χ0n) is 16.5. The van der Waals surface area contributed by atoms with Crippen molar-refractivity contribution in [1.29, 1.82) is 0 Å². The zero-order chi connectivity index (χ0) is 20.7. The molecule has 0 aromatic heterocycles. The van der Waals surface area contributed by atoms with E-state index in [1.54, 1.807) is 30.3 Å². The predicted octanol–water partition coefficient (Wildman–Crippen LogP) is 3.74. The van der Waals surface area contributed by atoms with Crippen molar-refractivity contribution in [2.24, 2.45) is 5.92 Å². The minimum atomic E-state index is -3.94. The number of carbonyl (C=O) groups is 1. The first-order valence-corrected chi connectivity index (χ1v) is 10.4. The van der Waals surface area contributed by atoms with Crippen LogP contribution in [0.1, 0.15) is 30.6 Å². The van der Waals surface area contributed by atoms with Crippen molar-refractivity contribution in [3.63, 3.8) is 0 Å². The first kappa shape index (κ1) is 21.6. The Morgan fingerprint density at radius 2 is 1.75 bits per heavy atom. The third kappa shape index (κ3) is 5.63. The molecule has 8 heteroatoms. The van der Waals surface area contributed by atoms with Crippen molar-refractivity contribution in [2.45, 2.75) is 25.2 Å². The van der Waals surface area contributed by atoms with E-state index in [1.165, 1.54) is 26.4 Å². The predicted molar refractivity (Wildman–Crippen MR) is 110 cm³/mol. The van der Waals surface area contributed by atoms with Crippen LogP contribution in [0, 0.1) is 5.92 Å². The van der Waals surface area contributed by atoms with Crippen molar-refractivity contribution >= 4 is 27.4 Å². The van der Waals surface area contributed by atoms with Crippen LogP contribution in [0.3, 0.4) is 0 Å². The molecule has 0 spiro atoms. The molecule has 2 aromatic rings. The highest BCUT2D eigenvalue weighted by Crippen LogP contribution is 2.26. The van der Waals surface area contributed by atoms with Crippen LogP contribution in [-0.2, 0) is 14.8 Å². The highest BCUT2D eigenvalue weighted by molar-refractivity contribution is 7.92. The lowest BCUT2D eigenvalue weighted by Crippen LogP contribution is -2.17. The molecule has 0 bridgehead atoms. The average Bonchev–Trinajstić information content (AvgIpc) is 2.67. The van der Waals surface area contributed by atoms with Gasteiger partial charge in [0.15, 0.2) is 0 Å². The second-order valence-corrected chi connectivity index (χ2v) is 8.30. The van der Waals surface area contributed by atoms with E-state index in [0.29, 0.717) is 29.6 Å². The number of anilines is 2. The second-order valence-electron chi connectivity index (χ2n) is 6.65. The summed E-state index contributed by atoms with van der Waals surface area (Å²) in [6, 6.07) is 11.0. The molecule has 0 aliphatic heterocycles. The van der Waals surface area contributed by atoms with Crippen LogP contribution in [0.15, 0.2) is 47.4 Å². The third-order valence-electron chi connectivity index (χ3n) is 4.07. The Bertz CT molecular complexity index is 909. The fourth-order valence-corrected chi connectivity index (χ4v) is 3.77. The zero-order valence-corrected chi connectivity index (χ0v) is 17.3. The van der Waals surface area contributed by atoms with Crippen molar-refractivity contribution in [2.75, 3.05) is 30.8 Å². The molecule has 0 aliphatic carbocycles. The van der Waals surface area contributed by atoms with Gasteiger partial charge >= 0.3 is 5.97 Å². The van der Waals surface area contributed by atoms with Gasteiger partial charge in [-0.15, -0.1) is 0 Å². The molecule has 2 rings (SSSR count). The molecule has 0 atom stereocenters. The fraction of sp³-hybridized carbons (Fsp3) is 0.350. The number of hydrogen-bond donors (Lipinski definition) is 2. The van der Waals surface area contributed by atoms with Gasteiger partial charge in [0, 0.05) is 12.2 Å². The molecule has 0 unspecified atom stereocenters. The second kappa shape index (κ2) is 9.45. The molecule has 0 heterocycles. The summed E-state index contributed by atoms with van der Waals surface area (Å²) in [6.07, 6.45) is 0.879. The van der Waals surface area contributed by atoms with Crippen LogP contribution in [0.2, 0.25) is 0 Å². The molecule has 7 nitrogen and oxygen atoms in total. The van der Waals surface area contributed by atoms with Gasteiger partial charge in [-0.25, -0.2) is 13.2 Å². The first-order chi connectivity index (χ1) is 13.3. The Labute approximate surface area is 166 Å². The minimum absolute atomic E-state index is 0.0185. The maximum absolute atomic E-state index is 13.0. The van der Waals surface area contributed by atoms with E-state index in [-0.39, 0.29) is 10.5 Å². The average molecular weight is 407 g/mol. The molecule has 0 amide bonds. The Kier molecular flexibility index (Phi) is 7.28. The summed E-state index contributed by atoms with van der Waals surface area (Å²) < 4.78 is 38.3. The van der Waals surface area contributed by atoms with Crippen molar-refractivity contribution in [1.82, 2.24) is 0 Å². The SMILES string of the molecule is COC(=O)c1ccc(NCCC(C)C)c(S(=O)(=O)Nc2ccc(OC)cc2)c1. The Balaban J connectivity index is 2.37. The van der Waals surface area contributed by atoms with E-state index in [4.69, 9.17) is 9.47 Å². The van der Waals surface area contributed by atoms with Gasteiger partial charge in [-0.3, -0.25) is 4.72 Å². The van der Waals surface area contributed by atoms with E-state index in [1.807, 2.05) is 0 Å². The van der Waals surface area contributed by atoms with E-state index in [9.17, 15) is 13.2 Å². The van der Waals surface area contributed by atoms with Crippen LogP contribution in [-0.4, -0.2) is 35.2 Å². The largest absolute Gasteiger partial charge is 0.497 e. The van der Waals surface area contributed by atoms with Crippen molar-refractivity contribution in [3.8, 4) is 5.75 Å². The first-order valence-electron chi connectivity index (χ1n) is 8.90. The Morgan fingerprint density at radius 3 is 2.32 bits per heavy atom. The number of ether oxygens (including phenoxy) is 2. The van der Waals surface area contributed by atoms with Gasteiger partial charge in [-0.2, -0.15) is 0 Å². The highest BCUT2D eigenvalue weighted by atomic mass is 32.2. The molecular weight excluding hydrogens is 380 g/mol. The van der Waals surface area contributed by atoms with Crippen LogP contribution < -0.4 is 14.8 Å². The number of methoxy groups -OCH3 is 2. The number of esters is 1. The number of sulfonamides is 1. The van der Waals surface area contributed by atoms with E-state index >= 15 is 0 Å². The molecule has 0 fully saturated rings. The highest BCUT2D eigenvalue weighted by Gasteiger charge is 2.21. The molecule has 152 valence electrons. The van der Waals surface area contributed by atoms with E-state index in [0.717, 1.165) is 6.42 Å². The summed E-state index contributed by atoms with van der Waals surface area (Å²) >= 11 is 0. The number of nitrogens with one attached hydrogen (secondary N) is 2. The van der Waals surface area contributed by atoms with Crippen LogP contribution in [0.4, 0.5) is 11.4 Å². The van der Waals surface area contributed by atoms with Gasteiger partial charge in [0.25, 0.3) is 10.0 Å². The number of carbonyl (C=O) groups excluding carboxylic acids is 1. The van der Waals surface area contributed by atoms with Gasteiger partial charge in [-0.05, 0) is 54.8 Å². The number of rotatable bonds is 9. The normalized spacial score (nSPS) is 11.2. The van der Waals surface area contributed by atoms with Crippen molar-refractivity contribution < 1.29 is 22.7 Å². The maximum atomic E-state index is 13.0. The summed E-state index contributed by atoms with van der Waals surface area (Å²) in [6.45, 7) is 4.79. The Hall–Kier alpha value is -2.74. The van der Waals surface area contributed by atoms with Crippen molar-refractivity contribution in [3.05, 3.63) is 48.0 Å². The summed E-state index contributed by atoms with van der Waals surface area (Å²) in [7, 11) is -1.15. The van der Waals surface area contributed by atoms with Gasteiger partial charge in [0.1, 0.15) is 10.6 Å². The van der Waals surface area contributed by atoms with Gasteiger partial charge in [0.2, 0.25) is 0 Å². The minimum Gasteiger partial charge on any atom is -0.497 e. The third-order valence-corrected chi connectivity index (χ3v) is 5.49. The number of benzene rings is 2. The smallest absolute Gasteiger partial charge is 0.337 e. The van der Waals surface area contributed by atoms with E-state index in [2.05, 4.69) is 23.9 Å². The summed E-state index contributed by atoms with van der Waals surface area (Å²) in [5, 5.41) is 3.15. The molecule has 2 aromatic carbocycles. The maximum Gasteiger partial charge on any atom is 0.337 e. The molecule has 0 aliphatic rings. The quantitative estimate of drug-likeness (QED) is 0.616. The molecule has 28 heavy (non-hydrogen) atoms. The molecule has 0 saturated heterocycles. The van der Waals surface area contributed by atoms with Gasteiger partial charge in [-0.1, -0.05) is 13.8 Å². The van der Waals surface area contributed by atoms with Crippen LogP contribution in [0.25, 0.3) is 0 Å². The molecular formula is C20H26N2O5S. The molecule has 0 saturated carbocycles. The Morgan fingerprint density at radius 1 is 1.07 bits per heavy atom. The lowest BCUT2D eigenvalue weighted by atomic mass is 10.1. The number of hydrogen-bond acceptors (Lipinski definition) is 6. The molecule has 2 N–H and O–H groups in total. The fourth-order valence-electron chi connectivity index (χ4n) is 2.50. The summed E-state index contributed by atoms with van der Waals surface area (Å²) in [5.74, 6) is 0.487. The molecule has 0 radical (unpaired) electrons. The lowest BCUT2D eigenvalue weighted by molar-refractivity contribution is 0.0600. The summed E-state index contributed by atoms with van der Waals surface area (Å²) in [4.78, 5) is 11.8. The van der Waals surface area contributed by atoms with Crippen LogP contribution >= 0.6 is 0 Å². The van der Waals surface area contributed by atoms with Gasteiger partial charge in [0.05, 0.1) is 25.5 Å². The monoisotopic (exact) mass is 406 g/mol. The standard InChI is InChI=1S/C20H26N2O5S/c1-14(2)11-12-21-18-10-5-15(20(23)27-4)13-19(18)28(24,25)22-16-6-8-17(26-3)9-7-16/h5-10,13-14,21-22H,11-12H2,1-4H3. The summed E-state index contributed by atoms with van der Waals surface area (Å²) in [5.41, 5.74) is 0.971. The van der Waals surface area contributed by atoms with Crippen LogP contribution in [0.5, 0.6) is 5.75 Å². The van der Waals surface area contributed by atoms with E-state index < -0.39 is 16.0 Å².